The van der Waals surface area contributed by atoms with E-state index in [1.807, 2.05) is 0 Å². The van der Waals surface area contributed by atoms with Crippen molar-refractivity contribution in [1.29, 1.82) is 0 Å². The largest absolute Gasteiger partial charge is 0.462 e. The molecule has 0 aliphatic carbocycles. The molecule has 12 nitrogen and oxygen atoms in total. The Balaban J connectivity index is 4.72. The van der Waals surface area contributed by atoms with E-state index in [9.17, 15) is 29.1 Å². The van der Waals surface area contributed by atoms with Gasteiger partial charge >= 0.3 is 11.9 Å². The van der Waals surface area contributed by atoms with E-state index in [1.165, 1.54) is 134 Å². The normalized spacial score (nSPS) is 13.4. The van der Waals surface area contributed by atoms with Crippen LogP contribution in [0.3, 0.4) is 0 Å². The fraction of sp³-hybridized carbons (Fsp3) is 0.886. The molecule has 0 aromatic carbocycles. The highest BCUT2D eigenvalue weighted by atomic mass is 32.2. The molecular weight excluding hydrogens is 747 g/mol. The first-order chi connectivity index (χ1) is 27.6. The molecule has 1 amide bonds. The highest BCUT2D eigenvalue weighted by Crippen LogP contribution is 2.16. The molecule has 0 aromatic rings. The number of carbonyl (C=O) groups excluding carboxylic acids is 5. The smallest absolute Gasteiger partial charge is 0.306 e. The first-order valence-corrected chi connectivity index (χ1v) is 23.8. The molecule has 4 atom stereocenters. The molecule has 0 aromatic heterocycles. The lowest BCUT2D eigenvalue weighted by Gasteiger charge is -2.20. The molecule has 7 N–H and O–H groups in total. The van der Waals surface area contributed by atoms with Crippen molar-refractivity contribution in [1.82, 2.24) is 5.32 Å². The van der Waals surface area contributed by atoms with Gasteiger partial charge < -0.3 is 36.5 Å². The average Bonchev–Trinajstić information content (AvgIpc) is 3.21. The Morgan fingerprint density at radius 1 is 0.526 bits per heavy atom. The number of rotatable bonds is 42. The number of unbranched alkanes of at least 4 members (excludes halogenated alkanes) is 24. The van der Waals surface area contributed by atoms with Crippen molar-refractivity contribution >= 4 is 41.2 Å². The van der Waals surface area contributed by atoms with Crippen molar-refractivity contribution in [2.75, 3.05) is 31.3 Å². The predicted molar refractivity (Wildman–Crippen MR) is 231 cm³/mol. The van der Waals surface area contributed by atoms with Crippen molar-refractivity contribution in [2.24, 2.45) is 11.5 Å². The van der Waals surface area contributed by atoms with Gasteiger partial charge in [-0.05, 0) is 12.8 Å². The minimum Gasteiger partial charge on any atom is -0.462 e. The van der Waals surface area contributed by atoms with Gasteiger partial charge in [-0.2, -0.15) is 11.8 Å². The zero-order valence-corrected chi connectivity index (χ0v) is 36.8. The number of hydrogen-bond donors (Lipinski definition) is 5. The van der Waals surface area contributed by atoms with E-state index >= 15 is 0 Å². The van der Waals surface area contributed by atoms with Crippen LogP contribution in [0.25, 0.3) is 0 Å². The van der Waals surface area contributed by atoms with Gasteiger partial charge in [0.15, 0.2) is 0 Å². The van der Waals surface area contributed by atoms with Gasteiger partial charge in [0, 0.05) is 24.3 Å². The van der Waals surface area contributed by atoms with E-state index in [0.717, 1.165) is 38.5 Å². The monoisotopic (exact) mass is 830 g/mol. The molecule has 2 unspecified atom stereocenters. The second kappa shape index (κ2) is 39.4. The Kier molecular flexibility index (Phi) is 38.0. The number of esters is 2. The number of ether oxygens (including phenoxy) is 2. The van der Waals surface area contributed by atoms with E-state index in [1.54, 1.807) is 0 Å². The van der Waals surface area contributed by atoms with E-state index in [2.05, 4.69) is 19.2 Å². The summed E-state index contributed by atoms with van der Waals surface area (Å²) in [6.45, 7) is 2.82. The summed E-state index contributed by atoms with van der Waals surface area (Å²) in [6.07, 6.45) is 31.1. The van der Waals surface area contributed by atoms with Gasteiger partial charge in [-0.15, -0.1) is 0 Å². The topological polar surface area (TPSA) is 208 Å². The van der Waals surface area contributed by atoms with Crippen LogP contribution >= 0.6 is 11.8 Å². The van der Waals surface area contributed by atoms with Crippen LogP contribution < -0.4 is 16.8 Å². The molecule has 0 saturated carbocycles. The van der Waals surface area contributed by atoms with Gasteiger partial charge in [0.2, 0.25) is 17.5 Å². The van der Waals surface area contributed by atoms with Crippen LogP contribution in [-0.4, -0.2) is 95.2 Å². The number of thioether (sulfide) groups is 1. The maximum absolute atomic E-state index is 12.8. The highest BCUT2D eigenvalue weighted by Gasteiger charge is 2.31. The van der Waals surface area contributed by atoms with E-state index in [-0.39, 0.29) is 42.9 Å². The Bertz CT molecular complexity index is 1030. The molecule has 0 spiro atoms. The van der Waals surface area contributed by atoms with Crippen LogP contribution in [0, 0.1) is 0 Å². The van der Waals surface area contributed by atoms with Gasteiger partial charge in [0.25, 0.3) is 0 Å². The zero-order chi connectivity index (χ0) is 42.4. The predicted octanol–water partition coefficient (Wildman–Crippen LogP) is 7.40. The average molecular weight is 830 g/mol. The molecule has 0 radical (unpaired) electrons. The van der Waals surface area contributed by atoms with Gasteiger partial charge in [0.1, 0.15) is 24.8 Å². The molecule has 0 fully saturated rings. The molecule has 13 heteroatoms. The number of nitrogens with two attached hydrogens (primary N) is 2. The molecule has 0 rings (SSSR count). The summed E-state index contributed by atoms with van der Waals surface area (Å²) in [5.41, 5.74) is 11.4. The number of aliphatic hydroxyl groups excluding tert-OH is 2. The van der Waals surface area contributed by atoms with E-state index in [4.69, 9.17) is 26.0 Å². The summed E-state index contributed by atoms with van der Waals surface area (Å²) in [6, 6.07) is -4.13. The number of aliphatic hydroxyl groups is 2. The van der Waals surface area contributed by atoms with E-state index < -0.39 is 54.9 Å². The van der Waals surface area contributed by atoms with Crippen molar-refractivity contribution in [3.8, 4) is 0 Å². The number of nitrogens with one attached hydrogen (secondary N) is 1. The summed E-state index contributed by atoms with van der Waals surface area (Å²) in [5.74, 6) is -3.56. The third kappa shape index (κ3) is 32.5. The standard InChI is InChI=1S/C44H83N3O9S/c1-3-5-7-9-11-13-15-17-19-21-23-25-27-29-40(50)55-33-36(56-41(51)30-28-26-24-22-20-18-16-14-12-10-8-6-4-2)34-57-35-38(46)42(52)43(53)39(32-49)47-44(54)37(45)31-48/h36-39,48-49H,3-35,45-46H2,1-2H3,(H,47,54)/t36?,37-,38?,39-/m0/s1. The van der Waals surface area contributed by atoms with Crippen LogP contribution in [0.5, 0.6) is 0 Å². The number of Topliss-reactive ketones (excluding diaryl/α,β-unsaturated/α-hetero) is 2. The van der Waals surface area contributed by atoms with Crippen molar-refractivity contribution in [3.05, 3.63) is 0 Å². The number of amides is 1. The Hall–Kier alpha value is -2.06. The fourth-order valence-electron chi connectivity index (χ4n) is 6.51. The van der Waals surface area contributed by atoms with Crippen molar-refractivity contribution in [3.63, 3.8) is 0 Å². The molecule has 0 heterocycles. The third-order valence-corrected chi connectivity index (χ3v) is 11.4. The Morgan fingerprint density at radius 3 is 1.33 bits per heavy atom. The molecule has 57 heavy (non-hydrogen) atoms. The van der Waals surface area contributed by atoms with Gasteiger partial charge in [0.05, 0.1) is 19.3 Å². The Labute approximate surface area is 349 Å². The SMILES string of the molecule is CCCCCCCCCCCCCCCC(=O)OCC(CSCC(N)C(=O)C(=O)[C@H](CO)NC(=O)[C@@H](N)CO)OC(=O)CCCCCCCCCCCCCCC. The molecule has 0 aliphatic heterocycles. The number of carbonyl (C=O) groups is 5. The van der Waals surface area contributed by atoms with Gasteiger partial charge in [-0.3, -0.25) is 24.0 Å². The minimum absolute atomic E-state index is 0.0212. The summed E-state index contributed by atoms with van der Waals surface area (Å²) < 4.78 is 11.2. The summed E-state index contributed by atoms with van der Waals surface area (Å²) >= 11 is 1.17. The zero-order valence-electron chi connectivity index (χ0n) is 36.0. The Morgan fingerprint density at radius 2 is 0.930 bits per heavy atom. The number of ketones is 2. The quantitative estimate of drug-likeness (QED) is 0.0232. The molecule has 334 valence electrons. The minimum atomic E-state index is -1.55. The van der Waals surface area contributed by atoms with E-state index in [0.29, 0.717) is 6.42 Å². The third-order valence-electron chi connectivity index (χ3n) is 10.2. The highest BCUT2D eigenvalue weighted by molar-refractivity contribution is 7.99. The maximum Gasteiger partial charge on any atom is 0.306 e. The molecule has 0 aliphatic rings. The first kappa shape index (κ1) is 54.9. The van der Waals surface area contributed by atoms with Gasteiger partial charge in [-0.1, -0.05) is 168 Å². The van der Waals surface area contributed by atoms with Crippen LogP contribution in [0.15, 0.2) is 0 Å². The first-order valence-electron chi connectivity index (χ1n) is 22.6. The van der Waals surface area contributed by atoms with Crippen molar-refractivity contribution < 1.29 is 43.7 Å². The van der Waals surface area contributed by atoms with Crippen LogP contribution in [0.1, 0.15) is 194 Å². The fourth-order valence-corrected chi connectivity index (χ4v) is 7.47. The number of hydrogen-bond acceptors (Lipinski definition) is 12. The van der Waals surface area contributed by atoms with Crippen LogP contribution in [-0.2, 0) is 33.4 Å². The summed E-state index contributed by atoms with van der Waals surface area (Å²) in [5, 5.41) is 20.8. The molecule has 0 saturated heterocycles. The molecular formula is C44H83N3O9S. The van der Waals surface area contributed by atoms with Crippen LogP contribution in [0.4, 0.5) is 0 Å². The van der Waals surface area contributed by atoms with Crippen LogP contribution in [0.2, 0.25) is 0 Å². The summed E-state index contributed by atoms with van der Waals surface area (Å²) in [4.78, 5) is 62.7. The molecule has 0 bridgehead atoms. The van der Waals surface area contributed by atoms with Crippen molar-refractivity contribution in [2.45, 2.75) is 218 Å². The lowest BCUT2D eigenvalue weighted by molar-refractivity contribution is -0.157. The summed E-state index contributed by atoms with van der Waals surface area (Å²) in [7, 11) is 0. The second-order valence-electron chi connectivity index (χ2n) is 15.7. The van der Waals surface area contributed by atoms with Gasteiger partial charge in [-0.25, -0.2) is 0 Å². The second-order valence-corrected chi connectivity index (χ2v) is 16.8. The lowest BCUT2D eigenvalue weighted by Crippen LogP contribution is -2.54. The maximum atomic E-state index is 12.8. The lowest BCUT2D eigenvalue weighted by atomic mass is 10.0.